The highest BCUT2D eigenvalue weighted by Gasteiger charge is 2.46. The molecule has 0 bridgehead atoms. The van der Waals surface area contributed by atoms with Gasteiger partial charge in [0, 0.05) is 22.0 Å². The molecule has 18 heavy (non-hydrogen) atoms. The number of benzene rings is 1. The van der Waals surface area contributed by atoms with Crippen LogP contribution in [0, 0.1) is 0 Å². The third-order valence-corrected chi connectivity index (χ3v) is 4.39. The molecule has 0 unspecified atom stereocenters. The topological polar surface area (TPSA) is 61.6 Å². The monoisotopic (exact) mass is 311 g/mol. The summed E-state index contributed by atoms with van der Waals surface area (Å²) in [5.74, 6) is 1.26. The van der Waals surface area contributed by atoms with E-state index in [0.29, 0.717) is 36.8 Å². The Balaban J connectivity index is 2.21. The van der Waals surface area contributed by atoms with Crippen molar-refractivity contribution in [3.05, 3.63) is 21.7 Å². The van der Waals surface area contributed by atoms with Gasteiger partial charge in [0.1, 0.15) is 13.2 Å². The van der Waals surface area contributed by atoms with Gasteiger partial charge < -0.3 is 15.2 Å². The molecular formula is C13H14BrNO3. The van der Waals surface area contributed by atoms with E-state index in [4.69, 9.17) is 15.2 Å². The maximum Gasteiger partial charge on any atom is 0.173 e. The number of ether oxygens (including phenoxy) is 2. The normalized spacial score (nSPS) is 19.4. The molecule has 3 rings (SSSR count). The van der Waals surface area contributed by atoms with E-state index in [1.54, 1.807) is 0 Å². The summed E-state index contributed by atoms with van der Waals surface area (Å²) >= 11 is 3.43. The van der Waals surface area contributed by atoms with Crippen LogP contribution in [0.5, 0.6) is 11.5 Å². The van der Waals surface area contributed by atoms with Crippen molar-refractivity contribution in [2.75, 3.05) is 19.8 Å². The fourth-order valence-electron chi connectivity index (χ4n) is 2.44. The third kappa shape index (κ3) is 1.65. The maximum atomic E-state index is 11.2. The van der Waals surface area contributed by atoms with Crippen LogP contribution in [0.25, 0.3) is 0 Å². The van der Waals surface area contributed by atoms with Crippen molar-refractivity contribution in [2.24, 2.45) is 5.73 Å². The summed E-state index contributed by atoms with van der Waals surface area (Å²) in [5, 5.41) is 0. The average Bonchev–Trinajstić information content (AvgIpc) is 3.19. The molecule has 0 atom stereocenters. The van der Waals surface area contributed by atoms with Crippen molar-refractivity contribution in [3.8, 4) is 11.5 Å². The van der Waals surface area contributed by atoms with E-state index in [1.807, 2.05) is 6.07 Å². The molecule has 2 aliphatic rings. The van der Waals surface area contributed by atoms with Crippen molar-refractivity contribution in [3.63, 3.8) is 0 Å². The first-order valence-electron chi connectivity index (χ1n) is 6.00. The second-order valence-electron chi connectivity index (χ2n) is 4.78. The Hall–Kier alpha value is -1.07. The summed E-state index contributed by atoms with van der Waals surface area (Å²) in [6, 6.07) is 1.96. The highest BCUT2D eigenvalue weighted by atomic mass is 79.9. The molecule has 0 radical (unpaired) electrons. The Labute approximate surface area is 114 Å². The zero-order valence-corrected chi connectivity index (χ0v) is 11.5. The molecule has 0 aromatic heterocycles. The van der Waals surface area contributed by atoms with Crippen LogP contribution in [0.15, 0.2) is 10.5 Å². The second-order valence-corrected chi connectivity index (χ2v) is 5.63. The molecule has 0 amide bonds. The molecule has 0 saturated heterocycles. The van der Waals surface area contributed by atoms with Gasteiger partial charge >= 0.3 is 0 Å². The van der Waals surface area contributed by atoms with E-state index >= 15 is 0 Å². The average molecular weight is 312 g/mol. The van der Waals surface area contributed by atoms with Crippen LogP contribution in [0.3, 0.4) is 0 Å². The molecule has 1 aliphatic heterocycles. The zero-order valence-electron chi connectivity index (χ0n) is 9.87. The Morgan fingerprint density at radius 2 is 2.00 bits per heavy atom. The smallest absolute Gasteiger partial charge is 0.173 e. The number of fused-ring (bicyclic) bond motifs is 1. The van der Waals surface area contributed by atoms with Crippen LogP contribution in [0.4, 0.5) is 0 Å². The first-order valence-corrected chi connectivity index (χ1v) is 6.79. The van der Waals surface area contributed by atoms with Crippen molar-refractivity contribution in [1.82, 2.24) is 0 Å². The van der Waals surface area contributed by atoms with Crippen LogP contribution in [0.1, 0.15) is 28.8 Å². The van der Waals surface area contributed by atoms with E-state index in [9.17, 15) is 4.79 Å². The Morgan fingerprint density at radius 1 is 1.33 bits per heavy atom. The van der Waals surface area contributed by atoms with Gasteiger partial charge in [0.25, 0.3) is 0 Å². The van der Waals surface area contributed by atoms with Crippen LogP contribution < -0.4 is 15.2 Å². The Kier molecular flexibility index (Phi) is 2.83. The molecule has 4 nitrogen and oxygen atoms in total. The minimum absolute atomic E-state index is 0.00865. The number of aldehydes is 1. The van der Waals surface area contributed by atoms with Crippen LogP contribution in [-0.2, 0) is 5.41 Å². The summed E-state index contributed by atoms with van der Waals surface area (Å²) in [5.41, 5.74) is 7.46. The molecule has 1 fully saturated rings. The van der Waals surface area contributed by atoms with Gasteiger partial charge in [-0.25, -0.2) is 0 Å². The third-order valence-electron chi connectivity index (χ3n) is 3.73. The summed E-state index contributed by atoms with van der Waals surface area (Å²) in [6.45, 7) is 1.58. The van der Waals surface area contributed by atoms with Gasteiger partial charge in [-0.3, -0.25) is 4.79 Å². The van der Waals surface area contributed by atoms with Gasteiger partial charge in [-0.2, -0.15) is 0 Å². The van der Waals surface area contributed by atoms with Gasteiger partial charge in [-0.15, -0.1) is 0 Å². The van der Waals surface area contributed by atoms with Gasteiger partial charge in [-0.05, 0) is 34.8 Å². The van der Waals surface area contributed by atoms with Crippen molar-refractivity contribution < 1.29 is 14.3 Å². The summed E-state index contributed by atoms with van der Waals surface area (Å²) in [7, 11) is 0. The number of halogens is 1. The quantitative estimate of drug-likeness (QED) is 0.868. The number of rotatable bonds is 3. The van der Waals surface area contributed by atoms with Crippen LogP contribution in [-0.4, -0.2) is 26.0 Å². The molecular weight excluding hydrogens is 298 g/mol. The van der Waals surface area contributed by atoms with Gasteiger partial charge in [0.05, 0.1) is 5.56 Å². The summed E-state index contributed by atoms with van der Waals surface area (Å²) in [4.78, 5) is 11.2. The molecule has 2 N–H and O–H groups in total. The lowest BCUT2D eigenvalue weighted by Gasteiger charge is -2.26. The lowest BCUT2D eigenvalue weighted by molar-refractivity contribution is 0.111. The number of hydrogen-bond donors (Lipinski definition) is 1. The minimum atomic E-state index is 0.00865. The largest absolute Gasteiger partial charge is 0.486 e. The number of carbonyl (C=O) groups is 1. The molecule has 5 heteroatoms. The van der Waals surface area contributed by atoms with E-state index in [1.165, 1.54) is 0 Å². The van der Waals surface area contributed by atoms with Gasteiger partial charge in [0.15, 0.2) is 17.8 Å². The highest BCUT2D eigenvalue weighted by Crippen LogP contribution is 2.54. The highest BCUT2D eigenvalue weighted by molar-refractivity contribution is 9.10. The zero-order chi connectivity index (χ0) is 12.8. The summed E-state index contributed by atoms with van der Waals surface area (Å²) in [6.07, 6.45) is 2.92. The van der Waals surface area contributed by atoms with Crippen LogP contribution >= 0.6 is 15.9 Å². The van der Waals surface area contributed by atoms with E-state index in [0.717, 1.165) is 29.2 Å². The lowest BCUT2D eigenvalue weighted by atomic mass is 9.93. The minimum Gasteiger partial charge on any atom is -0.486 e. The van der Waals surface area contributed by atoms with E-state index in [-0.39, 0.29) is 5.41 Å². The molecule has 0 spiro atoms. The van der Waals surface area contributed by atoms with Crippen molar-refractivity contribution in [2.45, 2.75) is 18.3 Å². The fourth-order valence-corrected chi connectivity index (χ4v) is 2.94. The van der Waals surface area contributed by atoms with Gasteiger partial charge in [0.2, 0.25) is 0 Å². The maximum absolute atomic E-state index is 11.2. The fraction of sp³-hybridized carbons (Fsp3) is 0.462. The summed E-state index contributed by atoms with van der Waals surface area (Å²) < 4.78 is 12.1. The Morgan fingerprint density at radius 3 is 2.56 bits per heavy atom. The van der Waals surface area contributed by atoms with E-state index < -0.39 is 0 Å². The second kappa shape index (κ2) is 4.24. The molecule has 1 heterocycles. The lowest BCUT2D eigenvalue weighted by Crippen LogP contribution is -2.24. The van der Waals surface area contributed by atoms with Crippen molar-refractivity contribution >= 4 is 22.2 Å². The molecule has 96 valence electrons. The SMILES string of the molecule is NCC1(c2cc(Br)c(C=O)c3c2OCCO3)CC1. The van der Waals surface area contributed by atoms with Crippen LogP contribution in [0.2, 0.25) is 0 Å². The molecule has 1 aliphatic carbocycles. The number of carbonyl (C=O) groups excluding carboxylic acids is 1. The van der Waals surface area contributed by atoms with Crippen molar-refractivity contribution in [1.29, 1.82) is 0 Å². The first kappa shape index (κ1) is 12.0. The molecule has 1 saturated carbocycles. The molecule has 1 aromatic rings. The molecule has 1 aromatic carbocycles. The standard InChI is InChI=1S/C13H14BrNO3/c14-10-5-9(13(7-15)1-2-13)12-11(8(10)6-16)17-3-4-18-12/h5-6H,1-4,7,15H2. The number of nitrogens with two attached hydrogens (primary N) is 1. The Bertz CT molecular complexity index is 511. The van der Waals surface area contributed by atoms with E-state index in [2.05, 4.69) is 15.9 Å². The first-order chi connectivity index (χ1) is 8.72. The number of hydrogen-bond acceptors (Lipinski definition) is 4. The van der Waals surface area contributed by atoms with Gasteiger partial charge in [-0.1, -0.05) is 0 Å². The predicted molar refractivity (Wildman–Crippen MR) is 70.5 cm³/mol. The predicted octanol–water partition coefficient (Wildman–Crippen LogP) is 2.02.